The van der Waals surface area contributed by atoms with E-state index >= 15 is 0 Å². The first-order valence-electron chi connectivity index (χ1n) is 9.68. The van der Waals surface area contributed by atoms with Crippen LogP contribution in [0.5, 0.6) is 0 Å². The zero-order valence-corrected chi connectivity index (χ0v) is 16.3. The first kappa shape index (κ1) is 21.5. The molecule has 1 aliphatic carbocycles. The molecule has 0 saturated heterocycles. The Kier molecular flexibility index (Phi) is 5.84. The van der Waals surface area contributed by atoms with E-state index < -0.39 is 23.5 Å². The third-order valence-corrected chi connectivity index (χ3v) is 5.15. The standard InChI is InChI=1S/C23H22F6/c1-3-5-14-9-16-8-7-15(6-4-2)21(20(16)10-14)17-11-18(22(24,25)26)13-19(12-17)23(27,28)29/h7-8,10-13H,3-6,9H2,1-2H3. The minimum absolute atomic E-state index is 0.0264. The maximum atomic E-state index is 13.4. The number of fused-ring (bicyclic) bond motifs is 1. The number of benzene rings is 2. The van der Waals surface area contributed by atoms with Gasteiger partial charge < -0.3 is 0 Å². The zero-order valence-electron chi connectivity index (χ0n) is 16.3. The van der Waals surface area contributed by atoms with Gasteiger partial charge in [0, 0.05) is 0 Å². The summed E-state index contributed by atoms with van der Waals surface area (Å²) >= 11 is 0. The van der Waals surface area contributed by atoms with Crippen molar-refractivity contribution in [1.29, 1.82) is 0 Å². The SMILES string of the molecule is CCCC1=Cc2c(ccc(CCC)c2-c2cc(C(F)(F)F)cc(C(F)(F)F)c2)C1. The summed E-state index contributed by atoms with van der Waals surface area (Å²) in [4.78, 5) is 0. The molecule has 0 aromatic heterocycles. The lowest BCUT2D eigenvalue weighted by Crippen LogP contribution is -2.11. The summed E-state index contributed by atoms with van der Waals surface area (Å²) in [6.45, 7) is 3.97. The van der Waals surface area contributed by atoms with Gasteiger partial charge in [-0.15, -0.1) is 0 Å². The Morgan fingerprint density at radius 3 is 1.90 bits per heavy atom. The fourth-order valence-corrected chi connectivity index (χ4v) is 3.93. The van der Waals surface area contributed by atoms with Crippen molar-refractivity contribution in [2.75, 3.05) is 0 Å². The van der Waals surface area contributed by atoms with Crippen molar-refractivity contribution in [1.82, 2.24) is 0 Å². The third-order valence-electron chi connectivity index (χ3n) is 5.15. The van der Waals surface area contributed by atoms with Gasteiger partial charge >= 0.3 is 12.4 Å². The normalized spacial score (nSPS) is 14.1. The van der Waals surface area contributed by atoms with E-state index in [0.29, 0.717) is 18.4 Å². The highest BCUT2D eigenvalue weighted by molar-refractivity contribution is 5.83. The summed E-state index contributed by atoms with van der Waals surface area (Å²) < 4.78 is 80.1. The second kappa shape index (κ2) is 7.88. The molecule has 1 aliphatic rings. The minimum atomic E-state index is -4.86. The van der Waals surface area contributed by atoms with Gasteiger partial charge in [-0.2, -0.15) is 26.3 Å². The summed E-state index contributed by atoms with van der Waals surface area (Å²) in [5, 5.41) is 0. The van der Waals surface area contributed by atoms with Gasteiger partial charge in [-0.05, 0) is 65.3 Å². The number of aryl methyl sites for hydroxylation is 1. The lowest BCUT2D eigenvalue weighted by Gasteiger charge is -2.18. The van der Waals surface area contributed by atoms with Crippen LogP contribution in [0.25, 0.3) is 17.2 Å². The number of hydrogen-bond acceptors (Lipinski definition) is 0. The summed E-state index contributed by atoms with van der Waals surface area (Å²) in [5.41, 5.74) is 1.54. The molecule has 0 N–H and O–H groups in total. The van der Waals surface area contributed by atoms with Crippen LogP contribution in [-0.2, 0) is 25.2 Å². The lowest BCUT2D eigenvalue weighted by atomic mass is 9.88. The van der Waals surface area contributed by atoms with Crippen molar-refractivity contribution in [2.45, 2.75) is 58.3 Å². The first-order chi connectivity index (χ1) is 13.5. The predicted molar refractivity (Wildman–Crippen MR) is 102 cm³/mol. The number of rotatable bonds is 5. The molecule has 0 radical (unpaired) electrons. The van der Waals surface area contributed by atoms with Gasteiger partial charge in [0.05, 0.1) is 11.1 Å². The number of allylic oxidation sites excluding steroid dienone is 1. The van der Waals surface area contributed by atoms with Gasteiger partial charge in [-0.3, -0.25) is 0 Å². The van der Waals surface area contributed by atoms with Crippen LogP contribution >= 0.6 is 0 Å². The number of hydrogen-bond donors (Lipinski definition) is 0. The topological polar surface area (TPSA) is 0 Å². The third kappa shape index (κ3) is 4.51. The molecule has 0 bridgehead atoms. The fourth-order valence-electron chi connectivity index (χ4n) is 3.93. The monoisotopic (exact) mass is 412 g/mol. The predicted octanol–water partition coefficient (Wildman–Crippen LogP) is 8.08. The number of halogens is 6. The Bertz CT molecular complexity index is 899. The van der Waals surface area contributed by atoms with Crippen LogP contribution in [0.15, 0.2) is 35.9 Å². The van der Waals surface area contributed by atoms with E-state index in [1.165, 1.54) is 0 Å². The van der Waals surface area contributed by atoms with Crippen molar-refractivity contribution in [3.8, 4) is 11.1 Å². The molecular weight excluding hydrogens is 390 g/mol. The molecule has 6 heteroatoms. The van der Waals surface area contributed by atoms with E-state index in [2.05, 4.69) is 0 Å². The summed E-state index contributed by atoms with van der Waals surface area (Å²) in [7, 11) is 0. The second-order valence-corrected chi connectivity index (χ2v) is 7.45. The van der Waals surface area contributed by atoms with Gasteiger partial charge in [-0.1, -0.05) is 50.5 Å². The molecule has 0 heterocycles. The van der Waals surface area contributed by atoms with Crippen LogP contribution in [0, 0.1) is 0 Å². The molecule has 3 rings (SSSR count). The molecule has 2 aromatic carbocycles. The van der Waals surface area contributed by atoms with Gasteiger partial charge in [0.25, 0.3) is 0 Å². The molecule has 0 atom stereocenters. The van der Waals surface area contributed by atoms with E-state index in [9.17, 15) is 26.3 Å². The van der Waals surface area contributed by atoms with E-state index in [1.807, 2.05) is 32.1 Å². The van der Waals surface area contributed by atoms with Gasteiger partial charge in [-0.25, -0.2) is 0 Å². The molecule has 156 valence electrons. The van der Waals surface area contributed by atoms with Gasteiger partial charge in [0.1, 0.15) is 0 Å². The minimum Gasteiger partial charge on any atom is -0.166 e. The molecule has 0 amide bonds. The van der Waals surface area contributed by atoms with Crippen LogP contribution in [0.3, 0.4) is 0 Å². The highest BCUT2D eigenvalue weighted by atomic mass is 19.4. The zero-order chi connectivity index (χ0) is 21.4. The number of alkyl halides is 6. The highest BCUT2D eigenvalue weighted by Gasteiger charge is 2.37. The molecule has 2 aromatic rings. The molecule has 29 heavy (non-hydrogen) atoms. The smallest absolute Gasteiger partial charge is 0.166 e. The average Bonchev–Trinajstić information content (AvgIpc) is 3.03. The van der Waals surface area contributed by atoms with Crippen molar-refractivity contribution in [3.05, 3.63) is 63.7 Å². The van der Waals surface area contributed by atoms with E-state index in [-0.39, 0.29) is 11.6 Å². The fraction of sp³-hybridized carbons (Fsp3) is 0.391. The maximum Gasteiger partial charge on any atom is 0.416 e. The van der Waals surface area contributed by atoms with Crippen LogP contribution in [0.1, 0.15) is 60.9 Å². The highest BCUT2D eigenvalue weighted by Crippen LogP contribution is 2.43. The van der Waals surface area contributed by atoms with Crippen LogP contribution in [-0.4, -0.2) is 0 Å². The average molecular weight is 412 g/mol. The second-order valence-electron chi connectivity index (χ2n) is 7.45. The Morgan fingerprint density at radius 2 is 1.38 bits per heavy atom. The molecule has 0 saturated carbocycles. The first-order valence-corrected chi connectivity index (χ1v) is 9.68. The van der Waals surface area contributed by atoms with Crippen molar-refractivity contribution < 1.29 is 26.3 Å². The van der Waals surface area contributed by atoms with E-state index in [0.717, 1.165) is 53.7 Å². The Hall–Kier alpha value is -2.24. The summed E-state index contributed by atoms with van der Waals surface area (Å²) in [6, 6.07) is 5.66. The van der Waals surface area contributed by atoms with Gasteiger partial charge in [0.2, 0.25) is 0 Å². The molecule has 0 aliphatic heterocycles. The van der Waals surface area contributed by atoms with Gasteiger partial charge in [0.15, 0.2) is 0 Å². The van der Waals surface area contributed by atoms with Crippen molar-refractivity contribution in [3.63, 3.8) is 0 Å². The van der Waals surface area contributed by atoms with Crippen molar-refractivity contribution in [2.24, 2.45) is 0 Å². The lowest BCUT2D eigenvalue weighted by molar-refractivity contribution is -0.143. The maximum absolute atomic E-state index is 13.4. The van der Waals surface area contributed by atoms with Crippen LogP contribution < -0.4 is 0 Å². The quantitative estimate of drug-likeness (QED) is 0.436. The Morgan fingerprint density at radius 1 is 0.793 bits per heavy atom. The molecule has 0 nitrogen and oxygen atoms in total. The van der Waals surface area contributed by atoms with E-state index in [4.69, 9.17) is 0 Å². The molecule has 0 spiro atoms. The molecule has 0 unspecified atom stereocenters. The summed E-state index contributed by atoms with van der Waals surface area (Å²) in [5.74, 6) is 0. The van der Waals surface area contributed by atoms with Crippen LogP contribution in [0.2, 0.25) is 0 Å². The molecular formula is C23H22F6. The summed E-state index contributed by atoms with van der Waals surface area (Å²) in [6.07, 6.45) is -3.98. The largest absolute Gasteiger partial charge is 0.416 e. The molecule has 0 fully saturated rings. The van der Waals surface area contributed by atoms with Crippen molar-refractivity contribution >= 4 is 6.08 Å². The Labute approximate surface area is 166 Å². The van der Waals surface area contributed by atoms with E-state index in [1.54, 1.807) is 0 Å². The Balaban J connectivity index is 2.29. The van der Waals surface area contributed by atoms with Crippen LogP contribution in [0.4, 0.5) is 26.3 Å².